The van der Waals surface area contributed by atoms with Crippen molar-refractivity contribution in [3.05, 3.63) is 77.5 Å². The number of nitrogens with zero attached hydrogens (tertiary/aromatic N) is 2. The van der Waals surface area contributed by atoms with Gasteiger partial charge >= 0.3 is 5.97 Å². The van der Waals surface area contributed by atoms with E-state index in [2.05, 4.69) is 68.9 Å². The van der Waals surface area contributed by atoms with Gasteiger partial charge in [-0.3, -0.25) is 4.98 Å². The summed E-state index contributed by atoms with van der Waals surface area (Å²) in [6.45, 7) is 15.7. The van der Waals surface area contributed by atoms with E-state index in [0.29, 0.717) is 12.2 Å². The van der Waals surface area contributed by atoms with E-state index in [1.54, 1.807) is 12.1 Å². The van der Waals surface area contributed by atoms with Crippen LogP contribution in [0.4, 0.5) is 5.69 Å². The van der Waals surface area contributed by atoms with Gasteiger partial charge in [0, 0.05) is 18.5 Å². The average Bonchev–Trinajstić information content (AvgIpc) is 2.82. The summed E-state index contributed by atoms with van der Waals surface area (Å²) >= 11 is 0. The number of aromatic nitrogens is 1. The van der Waals surface area contributed by atoms with E-state index >= 15 is 0 Å². The van der Waals surface area contributed by atoms with Crippen LogP contribution in [0.1, 0.15) is 43.6 Å². The fourth-order valence-corrected chi connectivity index (χ4v) is 4.66. The molecule has 0 fully saturated rings. The second kappa shape index (κ2) is 11.2. The number of anilines is 1. The Morgan fingerprint density at radius 1 is 1.09 bits per heavy atom. The molecule has 35 heavy (non-hydrogen) atoms. The summed E-state index contributed by atoms with van der Waals surface area (Å²) in [6, 6.07) is 17.9. The Bertz CT molecular complexity index is 1180. The molecule has 0 saturated carbocycles. The van der Waals surface area contributed by atoms with E-state index in [1.807, 2.05) is 36.5 Å². The molecular formula is C29H38N2O3Si. The normalized spacial score (nSPS) is 12.6. The van der Waals surface area contributed by atoms with Crippen molar-refractivity contribution in [3.63, 3.8) is 0 Å². The Balaban J connectivity index is 1.81. The first-order valence-electron chi connectivity index (χ1n) is 12.1. The van der Waals surface area contributed by atoms with Crippen molar-refractivity contribution in [2.75, 3.05) is 31.7 Å². The average molecular weight is 491 g/mol. The highest BCUT2D eigenvalue weighted by molar-refractivity contribution is 6.74. The van der Waals surface area contributed by atoms with Gasteiger partial charge in [-0.2, -0.15) is 0 Å². The zero-order valence-corrected chi connectivity index (χ0v) is 23.1. The summed E-state index contributed by atoms with van der Waals surface area (Å²) in [5, 5.41) is 1.30. The first-order valence-corrected chi connectivity index (χ1v) is 15.0. The van der Waals surface area contributed by atoms with Crippen molar-refractivity contribution in [3.8, 4) is 0 Å². The van der Waals surface area contributed by atoms with E-state index in [9.17, 15) is 4.79 Å². The number of fused-ring (bicyclic) bond motifs is 1. The summed E-state index contributed by atoms with van der Waals surface area (Å²) in [7, 11) is -0.436. The number of rotatable bonds is 9. The Morgan fingerprint density at radius 2 is 1.77 bits per heavy atom. The first-order chi connectivity index (χ1) is 16.5. The third kappa shape index (κ3) is 7.02. The molecule has 0 radical (unpaired) electrons. The van der Waals surface area contributed by atoms with Crippen molar-refractivity contribution in [1.29, 1.82) is 0 Å². The molecular weight excluding hydrogens is 452 g/mol. The molecule has 5 nitrogen and oxygen atoms in total. The van der Waals surface area contributed by atoms with Crippen LogP contribution in [0.2, 0.25) is 18.1 Å². The number of benzene rings is 2. The quantitative estimate of drug-likeness (QED) is 0.240. The third-order valence-corrected chi connectivity index (χ3v) is 11.3. The van der Waals surface area contributed by atoms with E-state index in [1.165, 1.54) is 12.7 Å². The van der Waals surface area contributed by atoms with Crippen molar-refractivity contribution in [1.82, 2.24) is 4.98 Å². The molecule has 0 bridgehead atoms. The second-order valence-corrected chi connectivity index (χ2v) is 15.3. The van der Waals surface area contributed by atoms with Crippen LogP contribution in [0.3, 0.4) is 0 Å². The maximum Gasteiger partial charge on any atom is 0.337 e. The fraction of sp³-hybridized carbons (Fsp3) is 0.379. The number of methoxy groups -OCH3 is 1. The molecule has 0 aliphatic rings. The standard InChI is InChI=1S/C29H38N2O3Si/c1-22(18-23-12-14-24(15-13-23)28(32)33-5)21-31(16-17-34-35(6,7)29(2,3)4)26-19-25-10-8-9-11-27(25)30-20-26/h8-15,18-20H,16-17,21H2,1-7H3. The predicted molar refractivity (Wildman–Crippen MR) is 149 cm³/mol. The van der Waals surface area contributed by atoms with Crippen molar-refractivity contribution in [2.45, 2.75) is 45.8 Å². The highest BCUT2D eigenvalue weighted by Gasteiger charge is 2.37. The number of esters is 1. The number of carbonyl (C=O) groups excluding carboxylic acids is 1. The second-order valence-electron chi connectivity index (χ2n) is 10.5. The number of hydrogen-bond acceptors (Lipinski definition) is 5. The van der Waals surface area contributed by atoms with Gasteiger partial charge in [-0.25, -0.2) is 4.79 Å². The van der Waals surface area contributed by atoms with Gasteiger partial charge in [-0.05, 0) is 54.9 Å². The summed E-state index contributed by atoms with van der Waals surface area (Å²) in [5.41, 5.74) is 4.87. The van der Waals surface area contributed by atoms with E-state index in [0.717, 1.165) is 35.2 Å². The van der Waals surface area contributed by atoms with Gasteiger partial charge in [0.05, 0.1) is 36.7 Å². The molecule has 0 amide bonds. The van der Waals surface area contributed by atoms with Gasteiger partial charge in [0.2, 0.25) is 0 Å². The van der Waals surface area contributed by atoms with Crippen molar-refractivity contribution < 1.29 is 14.0 Å². The van der Waals surface area contributed by atoms with Gasteiger partial charge in [0.1, 0.15) is 0 Å². The summed E-state index contributed by atoms with van der Waals surface area (Å²) < 4.78 is 11.3. The molecule has 0 saturated heterocycles. The lowest BCUT2D eigenvalue weighted by Crippen LogP contribution is -2.43. The van der Waals surface area contributed by atoms with E-state index < -0.39 is 8.32 Å². The van der Waals surface area contributed by atoms with Gasteiger partial charge in [0.15, 0.2) is 8.32 Å². The van der Waals surface area contributed by atoms with E-state index in [-0.39, 0.29) is 11.0 Å². The molecule has 3 aromatic rings. The Kier molecular flexibility index (Phi) is 8.51. The highest BCUT2D eigenvalue weighted by Crippen LogP contribution is 2.36. The van der Waals surface area contributed by atoms with Gasteiger partial charge in [-0.1, -0.05) is 62.8 Å². The largest absolute Gasteiger partial charge is 0.465 e. The maximum atomic E-state index is 11.7. The molecule has 0 N–H and O–H groups in total. The zero-order chi connectivity index (χ0) is 25.6. The molecule has 2 aromatic carbocycles. The van der Waals surface area contributed by atoms with Crippen LogP contribution in [0.5, 0.6) is 0 Å². The van der Waals surface area contributed by atoms with Crippen LogP contribution < -0.4 is 4.90 Å². The SMILES string of the molecule is COC(=O)c1ccc(C=C(C)CN(CCO[Si](C)(C)C(C)(C)C)c2cnc3ccccc3c2)cc1. The smallest absolute Gasteiger partial charge is 0.337 e. The lowest BCUT2D eigenvalue weighted by atomic mass is 10.1. The molecule has 0 aliphatic carbocycles. The summed E-state index contributed by atoms with van der Waals surface area (Å²) in [6.07, 6.45) is 4.10. The van der Waals surface area contributed by atoms with Crippen LogP contribution >= 0.6 is 0 Å². The number of hydrogen-bond donors (Lipinski definition) is 0. The Morgan fingerprint density at radius 3 is 2.43 bits per heavy atom. The summed E-state index contributed by atoms with van der Waals surface area (Å²) in [5.74, 6) is -0.325. The highest BCUT2D eigenvalue weighted by atomic mass is 28.4. The minimum absolute atomic E-state index is 0.175. The van der Waals surface area contributed by atoms with Crippen LogP contribution in [0.15, 0.2) is 66.4 Å². The topological polar surface area (TPSA) is 51.7 Å². The molecule has 0 atom stereocenters. The van der Waals surface area contributed by atoms with Gasteiger partial charge in [-0.15, -0.1) is 0 Å². The number of ether oxygens (including phenoxy) is 1. The maximum absolute atomic E-state index is 11.7. The van der Waals surface area contributed by atoms with Crippen molar-refractivity contribution >= 4 is 37.0 Å². The Hall–Kier alpha value is -2.96. The molecule has 1 aromatic heterocycles. The molecule has 186 valence electrons. The number of pyridine rings is 1. The lowest BCUT2D eigenvalue weighted by molar-refractivity contribution is 0.0600. The van der Waals surface area contributed by atoms with Crippen LogP contribution in [0.25, 0.3) is 17.0 Å². The zero-order valence-electron chi connectivity index (χ0n) is 22.1. The minimum Gasteiger partial charge on any atom is -0.465 e. The van der Waals surface area contributed by atoms with E-state index in [4.69, 9.17) is 9.16 Å². The van der Waals surface area contributed by atoms with Crippen LogP contribution in [0, 0.1) is 0 Å². The molecule has 0 spiro atoms. The van der Waals surface area contributed by atoms with Crippen LogP contribution in [-0.4, -0.2) is 46.1 Å². The minimum atomic E-state index is -1.83. The first kappa shape index (κ1) is 26.6. The molecule has 0 unspecified atom stereocenters. The van der Waals surface area contributed by atoms with Gasteiger partial charge < -0.3 is 14.1 Å². The molecule has 1 heterocycles. The van der Waals surface area contributed by atoms with Crippen molar-refractivity contribution in [2.24, 2.45) is 0 Å². The lowest BCUT2D eigenvalue weighted by Gasteiger charge is -2.37. The fourth-order valence-electron chi connectivity index (χ4n) is 3.62. The number of para-hydroxylation sites is 1. The molecule has 3 rings (SSSR count). The number of carbonyl (C=O) groups is 1. The monoisotopic (exact) mass is 490 g/mol. The molecule has 6 heteroatoms. The van der Waals surface area contributed by atoms with Crippen LogP contribution in [-0.2, 0) is 9.16 Å². The van der Waals surface area contributed by atoms with Gasteiger partial charge in [0.25, 0.3) is 0 Å². The molecule has 0 aliphatic heterocycles. The predicted octanol–water partition coefficient (Wildman–Crippen LogP) is 6.95. The third-order valence-electron chi connectivity index (χ3n) is 6.76. The Labute approximate surface area is 210 Å². The summed E-state index contributed by atoms with van der Waals surface area (Å²) in [4.78, 5) is 18.7.